The van der Waals surface area contributed by atoms with Gasteiger partial charge in [0.25, 0.3) is 0 Å². The van der Waals surface area contributed by atoms with Gasteiger partial charge in [0, 0.05) is 6.92 Å². The maximum absolute atomic E-state index is 10.7. The van der Waals surface area contributed by atoms with Crippen molar-refractivity contribution in [2.24, 2.45) is 5.92 Å². The summed E-state index contributed by atoms with van der Waals surface area (Å²) in [5, 5.41) is 0. The highest BCUT2D eigenvalue weighted by Gasteiger charge is 2.03. The van der Waals surface area contributed by atoms with Gasteiger partial charge in [-0.1, -0.05) is 117 Å². The molecule has 0 aromatic rings. The fourth-order valence-corrected chi connectivity index (χ4v) is 3.38. The molecule has 0 aromatic heterocycles. The van der Waals surface area contributed by atoms with E-state index in [9.17, 15) is 4.79 Å². The minimum absolute atomic E-state index is 0.154. The molecular weight excluding hydrogens is 308 g/mol. The molecule has 0 amide bonds. The highest BCUT2D eigenvalue weighted by atomic mass is 16.5. The molecule has 0 fully saturated rings. The molecule has 0 spiro atoms. The van der Waals surface area contributed by atoms with E-state index in [2.05, 4.69) is 13.8 Å². The summed E-state index contributed by atoms with van der Waals surface area (Å²) < 4.78 is 5.04. The van der Waals surface area contributed by atoms with Crippen molar-refractivity contribution < 1.29 is 9.53 Å². The minimum atomic E-state index is -0.154. The topological polar surface area (TPSA) is 26.3 Å². The first-order chi connectivity index (χ1) is 12.2. The number of esters is 1. The van der Waals surface area contributed by atoms with Crippen LogP contribution in [0.5, 0.6) is 0 Å². The maximum atomic E-state index is 10.7. The molecule has 0 radical (unpaired) electrons. The van der Waals surface area contributed by atoms with Crippen molar-refractivity contribution in [3.8, 4) is 0 Å². The first kappa shape index (κ1) is 24.5. The van der Waals surface area contributed by atoms with E-state index in [0.717, 1.165) is 0 Å². The van der Waals surface area contributed by atoms with Crippen LogP contribution in [0, 0.1) is 5.92 Å². The second kappa shape index (κ2) is 19.8. The van der Waals surface area contributed by atoms with Crippen LogP contribution in [-0.2, 0) is 9.53 Å². The summed E-state index contributed by atoms with van der Waals surface area (Å²) in [4.78, 5) is 10.7. The molecule has 2 nitrogen and oxygen atoms in total. The van der Waals surface area contributed by atoms with Crippen molar-refractivity contribution in [2.75, 3.05) is 6.61 Å². The number of carbonyl (C=O) groups excluding carboxylic acids is 1. The van der Waals surface area contributed by atoms with E-state index < -0.39 is 0 Å². The predicted molar refractivity (Wildman–Crippen MR) is 110 cm³/mol. The molecule has 0 rings (SSSR count). The molecule has 1 atom stereocenters. The number of hydrogen-bond donors (Lipinski definition) is 0. The monoisotopic (exact) mass is 354 g/mol. The molecule has 0 heterocycles. The highest BCUT2D eigenvalue weighted by Crippen LogP contribution is 2.15. The van der Waals surface area contributed by atoms with Gasteiger partial charge < -0.3 is 4.74 Å². The van der Waals surface area contributed by atoms with Crippen LogP contribution < -0.4 is 0 Å². The number of hydrogen-bond acceptors (Lipinski definition) is 2. The zero-order valence-corrected chi connectivity index (χ0v) is 17.6. The Kier molecular flexibility index (Phi) is 19.4. The van der Waals surface area contributed by atoms with Gasteiger partial charge in [-0.2, -0.15) is 0 Å². The lowest BCUT2D eigenvalue weighted by atomic mass is 10.0. The second-order valence-electron chi connectivity index (χ2n) is 8.00. The Balaban J connectivity index is 3.08. The van der Waals surface area contributed by atoms with E-state index >= 15 is 0 Å². The van der Waals surface area contributed by atoms with E-state index in [0.29, 0.717) is 12.5 Å². The van der Waals surface area contributed by atoms with Crippen LogP contribution in [0.15, 0.2) is 0 Å². The van der Waals surface area contributed by atoms with Gasteiger partial charge in [0.1, 0.15) is 0 Å². The average molecular weight is 355 g/mol. The van der Waals surface area contributed by atoms with Crippen LogP contribution in [0.2, 0.25) is 0 Å². The van der Waals surface area contributed by atoms with Crippen LogP contribution >= 0.6 is 0 Å². The molecule has 0 saturated heterocycles. The standard InChI is InChI=1S/C23H46O2/c1-4-5-6-7-8-9-10-11-12-13-14-15-16-17-18-19-20-22(2)21-25-23(3)24/h22H,4-21H2,1-3H3. The molecule has 0 N–H and O–H groups in total. The summed E-state index contributed by atoms with van der Waals surface area (Å²) in [6.07, 6.45) is 23.8. The summed E-state index contributed by atoms with van der Waals surface area (Å²) >= 11 is 0. The van der Waals surface area contributed by atoms with E-state index in [-0.39, 0.29) is 5.97 Å². The Labute approximate surface area is 158 Å². The Bertz CT molecular complexity index is 275. The van der Waals surface area contributed by atoms with Crippen LogP contribution in [0.25, 0.3) is 0 Å². The van der Waals surface area contributed by atoms with Gasteiger partial charge in [-0.05, 0) is 12.3 Å². The summed E-state index contributed by atoms with van der Waals surface area (Å²) in [5.41, 5.74) is 0. The number of unbranched alkanes of at least 4 members (excludes halogenated alkanes) is 15. The van der Waals surface area contributed by atoms with Crippen molar-refractivity contribution in [1.29, 1.82) is 0 Å². The van der Waals surface area contributed by atoms with Crippen molar-refractivity contribution in [3.63, 3.8) is 0 Å². The molecule has 0 aromatic carbocycles. The van der Waals surface area contributed by atoms with Gasteiger partial charge in [0.15, 0.2) is 0 Å². The average Bonchev–Trinajstić information content (AvgIpc) is 2.59. The molecule has 25 heavy (non-hydrogen) atoms. The van der Waals surface area contributed by atoms with Crippen molar-refractivity contribution >= 4 is 5.97 Å². The number of carbonyl (C=O) groups is 1. The van der Waals surface area contributed by atoms with Gasteiger partial charge in [0.05, 0.1) is 6.61 Å². The fraction of sp³-hybridized carbons (Fsp3) is 0.957. The Hall–Kier alpha value is -0.530. The van der Waals surface area contributed by atoms with E-state index in [1.807, 2.05) is 0 Å². The zero-order valence-electron chi connectivity index (χ0n) is 17.6. The second-order valence-corrected chi connectivity index (χ2v) is 8.00. The molecule has 0 bridgehead atoms. The van der Waals surface area contributed by atoms with Crippen LogP contribution in [-0.4, -0.2) is 12.6 Å². The first-order valence-electron chi connectivity index (χ1n) is 11.3. The van der Waals surface area contributed by atoms with E-state index in [1.165, 1.54) is 116 Å². The third kappa shape index (κ3) is 21.4. The molecule has 2 heteroatoms. The van der Waals surface area contributed by atoms with Gasteiger partial charge in [0.2, 0.25) is 0 Å². The molecule has 0 aliphatic carbocycles. The Morgan fingerprint density at radius 1 is 0.680 bits per heavy atom. The highest BCUT2D eigenvalue weighted by molar-refractivity contribution is 5.65. The van der Waals surface area contributed by atoms with E-state index in [1.54, 1.807) is 0 Å². The van der Waals surface area contributed by atoms with Crippen molar-refractivity contribution in [3.05, 3.63) is 0 Å². The summed E-state index contributed by atoms with van der Waals surface area (Å²) in [6, 6.07) is 0. The molecule has 0 saturated carbocycles. The van der Waals surface area contributed by atoms with Gasteiger partial charge in [-0.15, -0.1) is 0 Å². The molecular formula is C23H46O2. The van der Waals surface area contributed by atoms with Crippen molar-refractivity contribution in [1.82, 2.24) is 0 Å². The van der Waals surface area contributed by atoms with Crippen LogP contribution in [0.3, 0.4) is 0 Å². The number of ether oxygens (including phenoxy) is 1. The quantitative estimate of drug-likeness (QED) is 0.174. The normalized spacial score (nSPS) is 12.3. The SMILES string of the molecule is CCCCCCCCCCCCCCCCCCC(C)COC(C)=O. The minimum Gasteiger partial charge on any atom is -0.466 e. The van der Waals surface area contributed by atoms with E-state index in [4.69, 9.17) is 4.74 Å². The predicted octanol–water partition coefficient (Wildman–Crippen LogP) is 7.84. The molecule has 0 aliphatic rings. The Morgan fingerprint density at radius 3 is 1.40 bits per heavy atom. The number of rotatable bonds is 19. The Morgan fingerprint density at radius 2 is 1.04 bits per heavy atom. The summed E-state index contributed by atoms with van der Waals surface area (Å²) in [6.45, 7) is 6.54. The summed E-state index contributed by atoms with van der Waals surface area (Å²) in [5.74, 6) is 0.356. The molecule has 1 unspecified atom stereocenters. The van der Waals surface area contributed by atoms with Crippen molar-refractivity contribution in [2.45, 2.75) is 130 Å². The third-order valence-corrected chi connectivity index (χ3v) is 5.12. The maximum Gasteiger partial charge on any atom is 0.302 e. The lowest BCUT2D eigenvalue weighted by Gasteiger charge is -2.10. The van der Waals surface area contributed by atoms with Gasteiger partial charge >= 0.3 is 5.97 Å². The fourth-order valence-electron chi connectivity index (χ4n) is 3.38. The van der Waals surface area contributed by atoms with Crippen LogP contribution in [0.1, 0.15) is 130 Å². The lowest BCUT2D eigenvalue weighted by Crippen LogP contribution is -2.09. The molecule has 0 aliphatic heterocycles. The molecule has 150 valence electrons. The van der Waals surface area contributed by atoms with Crippen LogP contribution in [0.4, 0.5) is 0 Å². The van der Waals surface area contributed by atoms with Gasteiger partial charge in [-0.3, -0.25) is 4.79 Å². The largest absolute Gasteiger partial charge is 0.466 e. The zero-order chi connectivity index (χ0) is 18.6. The first-order valence-corrected chi connectivity index (χ1v) is 11.3. The smallest absolute Gasteiger partial charge is 0.302 e. The lowest BCUT2D eigenvalue weighted by molar-refractivity contribution is -0.142. The summed E-state index contributed by atoms with van der Waals surface area (Å²) in [7, 11) is 0. The third-order valence-electron chi connectivity index (χ3n) is 5.12. The van der Waals surface area contributed by atoms with Gasteiger partial charge in [-0.25, -0.2) is 0 Å².